The highest BCUT2D eigenvalue weighted by Crippen LogP contribution is 2.27. The predicted molar refractivity (Wildman–Crippen MR) is 111 cm³/mol. The highest BCUT2D eigenvalue weighted by molar-refractivity contribution is 6.33. The van der Waals surface area contributed by atoms with Gasteiger partial charge in [-0.25, -0.2) is 23.6 Å². The molecule has 14 heteroatoms. The van der Waals surface area contributed by atoms with Crippen molar-refractivity contribution < 1.29 is 32.2 Å². The van der Waals surface area contributed by atoms with Crippen molar-refractivity contribution in [1.29, 1.82) is 0 Å². The van der Waals surface area contributed by atoms with E-state index < -0.39 is 40.7 Å². The molecule has 0 atom stereocenters. The number of alkyl halides is 3. The van der Waals surface area contributed by atoms with Gasteiger partial charge in [-0.05, 0) is 32.0 Å². The Morgan fingerprint density at radius 1 is 1.21 bits per heavy atom. The molecule has 0 aliphatic rings. The van der Waals surface area contributed by atoms with Gasteiger partial charge in [-0.1, -0.05) is 11.6 Å². The van der Waals surface area contributed by atoms with Crippen LogP contribution in [0.15, 0.2) is 38.8 Å². The second-order valence-electron chi connectivity index (χ2n) is 6.96. The third-order valence-electron chi connectivity index (χ3n) is 4.17. The maximum Gasteiger partial charge on any atom is 0.433 e. The summed E-state index contributed by atoms with van der Waals surface area (Å²) in [4.78, 5) is 53.0. The number of ether oxygens (including phenoxy) is 2. The Morgan fingerprint density at radius 3 is 2.42 bits per heavy atom. The van der Waals surface area contributed by atoms with Crippen LogP contribution >= 0.6 is 11.6 Å². The average molecular weight is 491 g/mol. The Balaban J connectivity index is 2.46. The van der Waals surface area contributed by atoms with Crippen LogP contribution in [0.1, 0.15) is 29.9 Å². The molecule has 2 N–H and O–H groups in total. The van der Waals surface area contributed by atoms with Crippen LogP contribution in [0, 0.1) is 0 Å². The van der Waals surface area contributed by atoms with Crippen molar-refractivity contribution in [3.63, 3.8) is 0 Å². The minimum atomic E-state index is -5.05. The maximum atomic E-state index is 13.0. The number of aromatic nitrogens is 2. The van der Waals surface area contributed by atoms with Gasteiger partial charge in [-0.3, -0.25) is 9.79 Å². The molecular weight excluding hydrogens is 473 g/mol. The van der Waals surface area contributed by atoms with Crippen molar-refractivity contribution in [2.75, 3.05) is 19.5 Å². The van der Waals surface area contributed by atoms with Gasteiger partial charge in [0.2, 0.25) is 5.60 Å². The first-order chi connectivity index (χ1) is 15.2. The van der Waals surface area contributed by atoms with Gasteiger partial charge in [0.05, 0.1) is 16.3 Å². The molecule has 0 saturated carbocycles. The number of hydrogen-bond acceptors (Lipinski definition) is 8. The third-order valence-corrected chi connectivity index (χ3v) is 4.50. The van der Waals surface area contributed by atoms with Crippen LogP contribution < -0.4 is 17.1 Å². The first-order valence-corrected chi connectivity index (χ1v) is 9.41. The van der Waals surface area contributed by atoms with E-state index in [9.17, 15) is 32.3 Å². The summed E-state index contributed by atoms with van der Waals surface area (Å²) in [5.74, 6) is 3.20. The molecule has 0 aliphatic carbocycles. The van der Waals surface area contributed by atoms with Gasteiger partial charge >= 0.3 is 23.8 Å². The predicted octanol–water partition coefficient (Wildman–Crippen LogP) is 1.56. The number of rotatable bonds is 6. The van der Waals surface area contributed by atoms with Crippen molar-refractivity contribution in [3.05, 3.63) is 61.4 Å². The molecule has 0 unspecified atom stereocenters. The Morgan fingerprint density at radius 2 is 1.85 bits per heavy atom. The molecule has 0 aliphatic heterocycles. The molecule has 10 nitrogen and oxygen atoms in total. The molecule has 0 radical (unpaired) electrons. The fraction of sp³-hybridized carbons (Fsp3) is 0.316. The highest BCUT2D eigenvalue weighted by Gasteiger charge is 2.36. The highest BCUT2D eigenvalue weighted by atomic mass is 35.5. The number of nitrogens with two attached hydrogens (primary N) is 1. The number of esters is 2. The third kappa shape index (κ3) is 5.61. The van der Waals surface area contributed by atoms with Crippen LogP contribution in [-0.4, -0.2) is 46.7 Å². The quantitative estimate of drug-likeness (QED) is 0.369. The van der Waals surface area contributed by atoms with Gasteiger partial charge in [-0.15, -0.1) is 0 Å². The van der Waals surface area contributed by atoms with Crippen LogP contribution in [0.5, 0.6) is 0 Å². The zero-order valence-electron chi connectivity index (χ0n) is 17.5. The first-order valence-electron chi connectivity index (χ1n) is 9.03. The summed E-state index contributed by atoms with van der Waals surface area (Å²) in [6.07, 6.45) is -3.74. The van der Waals surface area contributed by atoms with Gasteiger partial charge in [-0.2, -0.15) is 13.2 Å². The molecule has 33 heavy (non-hydrogen) atoms. The van der Waals surface area contributed by atoms with Gasteiger partial charge in [0.15, 0.2) is 5.69 Å². The molecule has 0 fully saturated rings. The molecule has 0 bridgehead atoms. The fourth-order valence-electron chi connectivity index (χ4n) is 2.51. The molecule has 1 aromatic heterocycles. The van der Waals surface area contributed by atoms with E-state index in [1.54, 1.807) is 0 Å². The van der Waals surface area contributed by atoms with Crippen molar-refractivity contribution >= 4 is 29.8 Å². The second-order valence-corrected chi connectivity index (χ2v) is 7.36. The molecule has 2 rings (SSSR count). The molecule has 1 aromatic carbocycles. The number of aliphatic imine (C=N–C) groups is 1. The molecule has 178 valence electrons. The number of carbonyl (C=O) groups is 2. The van der Waals surface area contributed by atoms with E-state index >= 15 is 0 Å². The molecule has 0 saturated heterocycles. The first kappa shape index (κ1) is 25.6. The van der Waals surface area contributed by atoms with Crippen molar-refractivity contribution in [1.82, 2.24) is 9.24 Å². The lowest BCUT2D eigenvalue weighted by Gasteiger charge is -2.23. The number of hydrogen-bond donors (Lipinski definition) is 1. The van der Waals surface area contributed by atoms with Crippen LogP contribution in [0.25, 0.3) is 5.69 Å². The van der Waals surface area contributed by atoms with Crippen LogP contribution in [0.4, 0.5) is 13.2 Å². The molecular formula is C19H18ClF3N4O6. The minimum Gasteiger partial charge on any atom is -0.457 e. The van der Waals surface area contributed by atoms with Crippen molar-refractivity contribution in [2.45, 2.75) is 25.6 Å². The lowest BCUT2D eigenvalue weighted by molar-refractivity contribution is -0.160. The zero-order valence-corrected chi connectivity index (χ0v) is 18.2. The molecule has 0 spiro atoms. The Bertz CT molecular complexity index is 1230. The summed E-state index contributed by atoms with van der Waals surface area (Å²) >= 11 is 6.01. The van der Waals surface area contributed by atoms with Gasteiger partial charge < -0.3 is 15.3 Å². The Labute approximate surface area is 189 Å². The molecule has 0 amide bonds. The SMILES string of the molecule is CN=CCOC(=O)C(C)(C)OC(=O)c1cc(-n2c(=O)cc(C(F)(F)F)n(N)c2=O)ccc1Cl. The average Bonchev–Trinajstić information content (AvgIpc) is 2.70. The van der Waals surface area contributed by atoms with Gasteiger partial charge in [0.1, 0.15) is 6.61 Å². The van der Waals surface area contributed by atoms with Gasteiger partial charge in [0.25, 0.3) is 5.56 Å². The van der Waals surface area contributed by atoms with Gasteiger partial charge in [0, 0.05) is 19.3 Å². The summed E-state index contributed by atoms with van der Waals surface area (Å²) in [6.45, 7) is 2.35. The summed E-state index contributed by atoms with van der Waals surface area (Å²) < 4.78 is 49.0. The smallest absolute Gasteiger partial charge is 0.433 e. The molecule has 2 aromatic rings. The monoisotopic (exact) mass is 490 g/mol. The number of carbonyl (C=O) groups excluding carboxylic acids is 2. The number of halogens is 4. The standard InChI is InChI=1S/C19H18ClF3N4O6/c1-18(2,16(30)32-7-6-25-3)33-15(29)11-8-10(4-5-12(11)20)26-14(28)9-13(19(21,22)23)27(24)17(26)31/h4-6,8-9H,7,24H2,1-3H3. The van der Waals surface area contributed by atoms with E-state index in [2.05, 4.69) is 4.99 Å². The van der Waals surface area contributed by atoms with E-state index in [0.29, 0.717) is 4.57 Å². The largest absolute Gasteiger partial charge is 0.457 e. The summed E-state index contributed by atoms with van der Waals surface area (Å²) in [5.41, 5.74) is -6.97. The van der Waals surface area contributed by atoms with Crippen LogP contribution in [0.2, 0.25) is 5.02 Å². The second kappa shape index (κ2) is 9.48. The van der Waals surface area contributed by atoms with E-state index in [4.69, 9.17) is 26.9 Å². The van der Waals surface area contributed by atoms with E-state index in [0.717, 1.165) is 18.2 Å². The van der Waals surface area contributed by atoms with Crippen LogP contribution in [-0.2, 0) is 20.4 Å². The fourth-order valence-corrected chi connectivity index (χ4v) is 2.71. The Hall–Kier alpha value is -3.61. The number of nitrogen functional groups attached to an aromatic ring is 1. The summed E-state index contributed by atoms with van der Waals surface area (Å²) in [5, 5.41) is -0.181. The summed E-state index contributed by atoms with van der Waals surface area (Å²) in [6, 6.07) is 3.29. The Kier molecular flexibility index (Phi) is 7.37. The maximum absolute atomic E-state index is 13.0. The topological polar surface area (TPSA) is 135 Å². The van der Waals surface area contributed by atoms with Crippen molar-refractivity contribution in [2.24, 2.45) is 4.99 Å². The zero-order chi connectivity index (χ0) is 25.1. The molecule has 1 heterocycles. The summed E-state index contributed by atoms with van der Waals surface area (Å²) in [7, 11) is 1.47. The van der Waals surface area contributed by atoms with Crippen LogP contribution in [0.3, 0.4) is 0 Å². The normalized spacial score (nSPS) is 12.1. The number of benzene rings is 1. The van der Waals surface area contributed by atoms with E-state index in [-0.39, 0.29) is 33.6 Å². The van der Waals surface area contributed by atoms with E-state index in [1.807, 2.05) is 0 Å². The lowest BCUT2D eigenvalue weighted by Crippen LogP contribution is -2.45. The lowest BCUT2D eigenvalue weighted by atomic mass is 10.1. The number of nitrogens with zero attached hydrogens (tertiary/aromatic N) is 3. The minimum absolute atomic E-state index is 0.132. The van der Waals surface area contributed by atoms with Crippen molar-refractivity contribution in [3.8, 4) is 5.69 Å². The van der Waals surface area contributed by atoms with E-state index in [1.165, 1.54) is 27.1 Å².